The second-order valence-electron chi connectivity index (χ2n) is 6.50. The first-order valence-corrected chi connectivity index (χ1v) is 9.14. The number of hydrogen-bond acceptors (Lipinski definition) is 3. The number of rotatable bonds is 6. The van der Waals surface area contributed by atoms with Crippen molar-refractivity contribution >= 4 is 40.7 Å². The van der Waals surface area contributed by atoms with Gasteiger partial charge in [0.05, 0.1) is 29.4 Å². The van der Waals surface area contributed by atoms with Crippen LogP contribution in [0.3, 0.4) is 0 Å². The van der Waals surface area contributed by atoms with Crippen LogP contribution in [0.25, 0.3) is 0 Å². The van der Waals surface area contributed by atoms with Crippen molar-refractivity contribution in [2.45, 2.75) is 32.5 Å². The molecule has 160 valence electrons. The van der Waals surface area contributed by atoms with Crippen LogP contribution in [-0.2, 0) is 20.6 Å². The van der Waals surface area contributed by atoms with E-state index in [1.54, 1.807) is 24.3 Å². The van der Waals surface area contributed by atoms with E-state index in [0.717, 1.165) is 18.2 Å². The van der Waals surface area contributed by atoms with E-state index in [4.69, 9.17) is 11.6 Å². The topological polar surface area (TPSA) is 87.3 Å². The molecule has 0 aliphatic heterocycles. The molecule has 30 heavy (non-hydrogen) atoms. The fourth-order valence-electron chi connectivity index (χ4n) is 2.70. The Kier molecular flexibility index (Phi) is 7.44. The molecule has 10 heteroatoms. The van der Waals surface area contributed by atoms with E-state index in [2.05, 4.69) is 16.0 Å². The summed E-state index contributed by atoms with van der Waals surface area (Å²) in [7, 11) is 0. The van der Waals surface area contributed by atoms with Crippen LogP contribution in [0, 0.1) is 0 Å². The van der Waals surface area contributed by atoms with Gasteiger partial charge in [-0.05, 0) is 35.9 Å². The molecule has 0 bridgehead atoms. The number of hydrogen-bond donors (Lipinski definition) is 3. The molecular weight excluding hydrogens is 423 g/mol. The molecule has 1 atom stereocenters. The smallest absolute Gasteiger partial charge is 0.349 e. The lowest BCUT2D eigenvalue weighted by Crippen LogP contribution is -2.30. The van der Waals surface area contributed by atoms with Crippen LogP contribution in [0.5, 0.6) is 0 Å². The molecular formula is C20H19ClF3N3O3. The maximum Gasteiger partial charge on any atom is 0.416 e. The molecule has 0 aromatic heterocycles. The van der Waals surface area contributed by atoms with Gasteiger partial charge in [-0.2, -0.15) is 13.2 Å². The van der Waals surface area contributed by atoms with Gasteiger partial charge in [0.2, 0.25) is 17.7 Å². The van der Waals surface area contributed by atoms with Crippen molar-refractivity contribution in [1.29, 1.82) is 0 Å². The van der Waals surface area contributed by atoms with Gasteiger partial charge < -0.3 is 16.0 Å². The number of anilines is 2. The fraction of sp³-hybridized carbons (Fsp3) is 0.250. The van der Waals surface area contributed by atoms with Crippen molar-refractivity contribution in [1.82, 2.24) is 5.32 Å². The lowest BCUT2D eigenvalue weighted by molar-refractivity contribution is -0.137. The minimum Gasteiger partial charge on any atom is -0.349 e. The molecule has 0 aliphatic carbocycles. The number of alkyl halides is 3. The lowest BCUT2D eigenvalue weighted by atomic mass is 10.0. The van der Waals surface area contributed by atoms with E-state index in [0.29, 0.717) is 10.6 Å². The third-order valence-electron chi connectivity index (χ3n) is 3.97. The van der Waals surface area contributed by atoms with Gasteiger partial charge in [-0.3, -0.25) is 14.4 Å². The first kappa shape index (κ1) is 23.2. The molecule has 1 unspecified atom stereocenters. The SMILES string of the molecule is CC(=O)Nc1ccc(C(F)(F)F)cc1NC(=O)CC(NC(C)=O)c1ccc(Cl)cc1. The van der Waals surface area contributed by atoms with Crippen LogP contribution < -0.4 is 16.0 Å². The first-order valence-electron chi connectivity index (χ1n) is 8.77. The summed E-state index contributed by atoms with van der Waals surface area (Å²) in [6, 6.07) is 8.30. The molecule has 0 radical (unpaired) electrons. The highest BCUT2D eigenvalue weighted by atomic mass is 35.5. The Labute approximate surface area is 175 Å². The zero-order valence-electron chi connectivity index (χ0n) is 16.1. The number of amides is 3. The molecule has 2 rings (SSSR count). The molecule has 3 N–H and O–H groups in total. The molecule has 0 saturated heterocycles. The van der Waals surface area contributed by atoms with Gasteiger partial charge in [0.15, 0.2) is 0 Å². The van der Waals surface area contributed by atoms with Gasteiger partial charge in [-0.15, -0.1) is 0 Å². The molecule has 0 saturated carbocycles. The summed E-state index contributed by atoms with van der Waals surface area (Å²) < 4.78 is 39.1. The van der Waals surface area contributed by atoms with Crippen LogP contribution in [0.4, 0.5) is 24.5 Å². The van der Waals surface area contributed by atoms with Crippen molar-refractivity contribution in [3.05, 3.63) is 58.6 Å². The van der Waals surface area contributed by atoms with Crippen LogP contribution in [0.2, 0.25) is 5.02 Å². The van der Waals surface area contributed by atoms with Gasteiger partial charge >= 0.3 is 6.18 Å². The molecule has 2 aromatic rings. The third-order valence-corrected chi connectivity index (χ3v) is 4.22. The molecule has 0 spiro atoms. The Bertz CT molecular complexity index is 947. The largest absolute Gasteiger partial charge is 0.416 e. The third kappa shape index (κ3) is 6.77. The fourth-order valence-corrected chi connectivity index (χ4v) is 2.83. The van der Waals surface area contributed by atoms with Gasteiger partial charge in [0, 0.05) is 18.9 Å². The minimum atomic E-state index is -4.63. The molecule has 0 heterocycles. The van der Waals surface area contributed by atoms with Crippen LogP contribution in [0.15, 0.2) is 42.5 Å². The normalized spacial score (nSPS) is 12.1. The average Bonchev–Trinajstić information content (AvgIpc) is 2.61. The highest BCUT2D eigenvalue weighted by Crippen LogP contribution is 2.34. The summed E-state index contributed by atoms with van der Waals surface area (Å²) in [4.78, 5) is 35.4. The second-order valence-corrected chi connectivity index (χ2v) is 6.93. The highest BCUT2D eigenvalue weighted by molar-refractivity contribution is 6.30. The monoisotopic (exact) mass is 441 g/mol. The van der Waals surface area contributed by atoms with Crippen molar-refractivity contribution in [2.24, 2.45) is 0 Å². The molecule has 3 amide bonds. The Morgan fingerprint density at radius 3 is 2.10 bits per heavy atom. The predicted octanol–water partition coefficient (Wildman–Crippen LogP) is 4.52. The summed E-state index contributed by atoms with van der Waals surface area (Å²) in [5.74, 6) is -1.56. The number of halogens is 4. The zero-order valence-corrected chi connectivity index (χ0v) is 16.8. The predicted molar refractivity (Wildman–Crippen MR) is 107 cm³/mol. The van der Waals surface area contributed by atoms with Crippen molar-refractivity contribution in [3.8, 4) is 0 Å². The van der Waals surface area contributed by atoms with E-state index < -0.39 is 29.6 Å². The van der Waals surface area contributed by atoms with Crippen molar-refractivity contribution < 1.29 is 27.6 Å². The van der Waals surface area contributed by atoms with Gasteiger partial charge in [0.1, 0.15) is 0 Å². The number of carbonyl (C=O) groups excluding carboxylic acids is 3. The Balaban J connectivity index is 2.28. The summed E-state index contributed by atoms with van der Waals surface area (Å²) >= 11 is 5.85. The summed E-state index contributed by atoms with van der Waals surface area (Å²) in [5.41, 5.74) is -0.576. The maximum atomic E-state index is 13.0. The minimum absolute atomic E-state index is 0.0198. The van der Waals surface area contributed by atoms with Crippen molar-refractivity contribution in [2.75, 3.05) is 10.6 Å². The van der Waals surface area contributed by atoms with E-state index in [9.17, 15) is 27.6 Å². The van der Waals surface area contributed by atoms with Gasteiger partial charge in [0.25, 0.3) is 0 Å². The van der Waals surface area contributed by atoms with E-state index in [1.165, 1.54) is 13.8 Å². The summed E-state index contributed by atoms with van der Waals surface area (Å²) in [5, 5.41) is 7.85. The van der Waals surface area contributed by atoms with E-state index in [-0.39, 0.29) is 23.7 Å². The van der Waals surface area contributed by atoms with Crippen LogP contribution in [-0.4, -0.2) is 17.7 Å². The second kappa shape index (κ2) is 9.62. The zero-order chi connectivity index (χ0) is 22.5. The van der Waals surface area contributed by atoms with Gasteiger partial charge in [-0.1, -0.05) is 23.7 Å². The number of carbonyl (C=O) groups is 3. The highest BCUT2D eigenvalue weighted by Gasteiger charge is 2.31. The number of benzene rings is 2. The first-order chi connectivity index (χ1) is 14.0. The van der Waals surface area contributed by atoms with Crippen molar-refractivity contribution in [3.63, 3.8) is 0 Å². The summed E-state index contributed by atoms with van der Waals surface area (Å²) in [6.07, 6.45) is -4.88. The molecule has 2 aromatic carbocycles. The quantitative estimate of drug-likeness (QED) is 0.615. The number of nitrogens with one attached hydrogen (secondary N) is 3. The standard InChI is InChI=1S/C20H19ClF3N3O3/c1-11(28)25-16-8-5-14(20(22,23)24)9-18(16)27-19(30)10-17(26-12(2)29)13-3-6-15(21)7-4-13/h3-9,17H,10H2,1-2H3,(H,25,28)(H,26,29)(H,27,30). The van der Waals surface area contributed by atoms with Crippen LogP contribution in [0.1, 0.15) is 37.4 Å². The van der Waals surface area contributed by atoms with E-state index >= 15 is 0 Å². The lowest BCUT2D eigenvalue weighted by Gasteiger charge is -2.19. The van der Waals surface area contributed by atoms with Crippen LogP contribution >= 0.6 is 11.6 Å². The maximum absolute atomic E-state index is 13.0. The molecule has 0 aliphatic rings. The Hall–Kier alpha value is -3.07. The summed E-state index contributed by atoms with van der Waals surface area (Å²) in [6.45, 7) is 2.47. The average molecular weight is 442 g/mol. The van der Waals surface area contributed by atoms with E-state index in [1.807, 2.05) is 0 Å². The molecule has 0 fully saturated rings. The Morgan fingerprint density at radius 1 is 0.933 bits per heavy atom. The Morgan fingerprint density at radius 2 is 1.57 bits per heavy atom. The molecule has 6 nitrogen and oxygen atoms in total. The van der Waals surface area contributed by atoms with Gasteiger partial charge in [-0.25, -0.2) is 0 Å².